The fraction of sp³-hybridized carbons (Fsp3) is 0.235. The molecule has 0 spiro atoms. The van der Waals surface area contributed by atoms with E-state index < -0.39 is 28.7 Å². The Labute approximate surface area is 155 Å². The molecule has 0 saturated carbocycles. The van der Waals surface area contributed by atoms with E-state index in [1.54, 1.807) is 13.0 Å². The van der Waals surface area contributed by atoms with Crippen LogP contribution in [-0.2, 0) is 11.8 Å². The molecule has 0 amide bonds. The Morgan fingerprint density at radius 3 is 2.48 bits per heavy atom. The molecule has 0 saturated heterocycles. The minimum absolute atomic E-state index is 0.0466. The standard InChI is InChI=1S/C17H14FIN2O4/c1-7-13-12(15(23)8(2)14(7)22)16(24)21(17(25)20(13)3)11-5-4-9(19)6-10(11)18/h4-7,23H,1-3H3. The van der Waals surface area contributed by atoms with Crippen molar-refractivity contribution >= 4 is 34.1 Å². The summed E-state index contributed by atoms with van der Waals surface area (Å²) in [6, 6.07) is 4.10. The summed E-state index contributed by atoms with van der Waals surface area (Å²) in [5.74, 6) is -2.32. The first-order valence-corrected chi connectivity index (χ1v) is 8.50. The van der Waals surface area contributed by atoms with Crippen LogP contribution in [0.15, 0.2) is 33.4 Å². The Kier molecular flexibility index (Phi) is 4.18. The minimum Gasteiger partial charge on any atom is -0.507 e. The number of carbonyl (C=O) groups excluding carboxylic acids is 1. The van der Waals surface area contributed by atoms with Gasteiger partial charge in [-0.15, -0.1) is 0 Å². The van der Waals surface area contributed by atoms with Crippen molar-refractivity contribution in [1.29, 1.82) is 0 Å². The van der Waals surface area contributed by atoms with E-state index in [1.165, 1.54) is 26.1 Å². The van der Waals surface area contributed by atoms with E-state index >= 15 is 0 Å². The van der Waals surface area contributed by atoms with Crippen molar-refractivity contribution in [2.45, 2.75) is 19.8 Å². The lowest BCUT2D eigenvalue weighted by Crippen LogP contribution is -2.44. The van der Waals surface area contributed by atoms with Crippen LogP contribution in [0.3, 0.4) is 0 Å². The van der Waals surface area contributed by atoms with Crippen LogP contribution in [0.4, 0.5) is 4.39 Å². The van der Waals surface area contributed by atoms with Crippen LogP contribution in [-0.4, -0.2) is 20.0 Å². The molecule has 0 aliphatic heterocycles. The number of halogens is 2. The van der Waals surface area contributed by atoms with Gasteiger partial charge in [0.05, 0.1) is 11.6 Å². The van der Waals surface area contributed by atoms with E-state index in [-0.39, 0.29) is 28.3 Å². The highest BCUT2D eigenvalue weighted by Crippen LogP contribution is 2.32. The van der Waals surface area contributed by atoms with Crippen molar-refractivity contribution in [3.8, 4) is 5.69 Å². The molecule has 0 fully saturated rings. The van der Waals surface area contributed by atoms with Gasteiger partial charge in [0.15, 0.2) is 5.78 Å². The van der Waals surface area contributed by atoms with E-state index in [1.807, 2.05) is 22.6 Å². The van der Waals surface area contributed by atoms with Crippen LogP contribution < -0.4 is 11.2 Å². The lowest BCUT2D eigenvalue weighted by Gasteiger charge is -2.25. The van der Waals surface area contributed by atoms with Gasteiger partial charge in [0.25, 0.3) is 5.56 Å². The van der Waals surface area contributed by atoms with Gasteiger partial charge in [0.1, 0.15) is 17.1 Å². The molecule has 1 aliphatic rings. The van der Waals surface area contributed by atoms with Gasteiger partial charge in [0, 0.05) is 21.9 Å². The van der Waals surface area contributed by atoms with Crippen molar-refractivity contribution < 1.29 is 14.3 Å². The summed E-state index contributed by atoms with van der Waals surface area (Å²) in [7, 11) is 1.39. The molecule has 130 valence electrons. The topological polar surface area (TPSA) is 81.3 Å². The van der Waals surface area contributed by atoms with Crippen molar-refractivity contribution in [2.75, 3.05) is 0 Å². The largest absolute Gasteiger partial charge is 0.507 e. The number of allylic oxidation sites excluding steroid dienone is 1. The number of fused-ring (bicyclic) bond motifs is 1. The fourth-order valence-corrected chi connectivity index (χ4v) is 3.54. The first-order chi connectivity index (χ1) is 11.7. The average molecular weight is 456 g/mol. The van der Waals surface area contributed by atoms with Crippen molar-refractivity contribution in [2.24, 2.45) is 7.05 Å². The molecular formula is C17H14FIN2O4. The normalized spacial score (nSPS) is 17.0. The summed E-state index contributed by atoms with van der Waals surface area (Å²) < 4.78 is 16.7. The smallest absolute Gasteiger partial charge is 0.335 e. The Balaban J connectivity index is 2.49. The SMILES string of the molecule is CC1=C(O)c2c(n(C)c(=O)n(-c3ccc(I)cc3F)c2=O)C(C)C1=O. The van der Waals surface area contributed by atoms with Crippen LogP contribution in [0.1, 0.15) is 31.0 Å². The molecule has 1 aromatic heterocycles. The number of aliphatic hydroxyl groups excluding tert-OH is 1. The molecule has 1 N–H and O–H groups in total. The third kappa shape index (κ3) is 2.46. The summed E-state index contributed by atoms with van der Waals surface area (Å²) in [6.45, 7) is 2.98. The molecule has 1 aliphatic carbocycles. The number of aliphatic hydroxyl groups is 1. The van der Waals surface area contributed by atoms with Crippen LogP contribution in [0.2, 0.25) is 0 Å². The highest BCUT2D eigenvalue weighted by Gasteiger charge is 2.35. The summed E-state index contributed by atoms with van der Waals surface area (Å²) in [5, 5.41) is 10.3. The van der Waals surface area contributed by atoms with Gasteiger partial charge in [-0.25, -0.2) is 13.8 Å². The molecular weight excluding hydrogens is 442 g/mol. The third-order valence-corrected chi connectivity index (χ3v) is 5.10. The zero-order chi connectivity index (χ0) is 18.6. The van der Waals surface area contributed by atoms with Crippen molar-refractivity contribution in [1.82, 2.24) is 9.13 Å². The maximum Gasteiger partial charge on any atom is 0.335 e. The second-order valence-electron chi connectivity index (χ2n) is 5.90. The Hall–Kier alpha value is -2.23. The monoisotopic (exact) mass is 456 g/mol. The van der Waals surface area contributed by atoms with E-state index in [9.17, 15) is 23.9 Å². The summed E-state index contributed by atoms with van der Waals surface area (Å²) >= 11 is 1.92. The van der Waals surface area contributed by atoms with Gasteiger partial charge in [0.2, 0.25) is 0 Å². The van der Waals surface area contributed by atoms with Crippen LogP contribution in [0.5, 0.6) is 0 Å². The molecule has 1 heterocycles. The maximum atomic E-state index is 14.3. The van der Waals surface area contributed by atoms with Gasteiger partial charge in [-0.1, -0.05) is 0 Å². The Morgan fingerprint density at radius 1 is 1.24 bits per heavy atom. The number of ketones is 1. The zero-order valence-electron chi connectivity index (χ0n) is 13.6. The third-order valence-electron chi connectivity index (χ3n) is 4.43. The van der Waals surface area contributed by atoms with Crippen LogP contribution >= 0.6 is 22.6 Å². The fourth-order valence-electron chi connectivity index (χ4n) is 3.09. The number of aromatic nitrogens is 2. The van der Waals surface area contributed by atoms with Crippen LogP contribution in [0, 0.1) is 9.39 Å². The number of hydrogen-bond donors (Lipinski definition) is 1. The average Bonchev–Trinajstić information content (AvgIpc) is 2.56. The number of hydrogen-bond acceptors (Lipinski definition) is 4. The molecule has 6 nitrogen and oxygen atoms in total. The van der Waals surface area contributed by atoms with Gasteiger partial charge in [-0.3, -0.25) is 14.2 Å². The molecule has 1 unspecified atom stereocenters. The number of Topliss-reactive ketones (excluding diaryl/α,β-unsaturated/α-hetero) is 1. The van der Waals surface area contributed by atoms with Gasteiger partial charge in [-0.2, -0.15) is 0 Å². The lowest BCUT2D eigenvalue weighted by atomic mass is 9.86. The summed E-state index contributed by atoms with van der Waals surface area (Å²) in [5.41, 5.74) is -1.81. The Bertz CT molecular complexity index is 1080. The van der Waals surface area contributed by atoms with E-state index in [0.29, 0.717) is 8.14 Å². The van der Waals surface area contributed by atoms with E-state index in [4.69, 9.17) is 0 Å². The van der Waals surface area contributed by atoms with E-state index in [0.717, 1.165) is 4.57 Å². The molecule has 3 rings (SSSR count). The molecule has 0 radical (unpaired) electrons. The predicted octanol–water partition coefficient (Wildman–Crippen LogP) is 2.26. The number of carbonyl (C=O) groups is 1. The first kappa shape index (κ1) is 17.6. The molecule has 1 atom stereocenters. The number of benzene rings is 1. The van der Waals surface area contributed by atoms with E-state index in [2.05, 4.69) is 0 Å². The second-order valence-corrected chi connectivity index (χ2v) is 7.14. The first-order valence-electron chi connectivity index (χ1n) is 7.42. The Morgan fingerprint density at radius 2 is 1.88 bits per heavy atom. The minimum atomic E-state index is -0.852. The number of rotatable bonds is 1. The molecule has 0 bridgehead atoms. The summed E-state index contributed by atoms with van der Waals surface area (Å²) in [4.78, 5) is 37.8. The zero-order valence-corrected chi connectivity index (χ0v) is 15.8. The molecule has 2 aromatic rings. The van der Waals surface area contributed by atoms with Gasteiger partial charge >= 0.3 is 5.69 Å². The van der Waals surface area contributed by atoms with Crippen LogP contribution in [0.25, 0.3) is 11.4 Å². The molecule has 8 heteroatoms. The van der Waals surface area contributed by atoms with Gasteiger partial charge in [-0.05, 0) is 54.6 Å². The quantitative estimate of drug-likeness (QED) is 0.668. The molecule has 25 heavy (non-hydrogen) atoms. The predicted molar refractivity (Wildman–Crippen MR) is 98.6 cm³/mol. The molecule has 1 aromatic carbocycles. The second kappa shape index (κ2) is 5.94. The van der Waals surface area contributed by atoms with Gasteiger partial charge < -0.3 is 5.11 Å². The highest BCUT2D eigenvalue weighted by molar-refractivity contribution is 14.1. The maximum absolute atomic E-state index is 14.3. The number of nitrogens with zero attached hydrogens (tertiary/aromatic N) is 2. The highest BCUT2D eigenvalue weighted by atomic mass is 127. The summed E-state index contributed by atoms with van der Waals surface area (Å²) in [6.07, 6.45) is 0. The lowest BCUT2D eigenvalue weighted by molar-refractivity contribution is -0.116. The van der Waals surface area contributed by atoms with Crippen molar-refractivity contribution in [3.63, 3.8) is 0 Å². The van der Waals surface area contributed by atoms with Crippen molar-refractivity contribution in [3.05, 3.63) is 65.3 Å².